The van der Waals surface area contributed by atoms with E-state index in [4.69, 9.17) is 8.37 Å². The molecule has 1 aromatic rings. The highest BCUT2D eigenvalue weighted by Crippen LogP contribution is 2.71. The van der Waals surface area contributed by atoms with Crippen molar-refractivity contribution >= 4 is 34.3 Å². The topological polar surface area (TPSA) is 52.6 Å². The molecule has 1 spiro atoms. The lowest BCUT2D eigenvalue weighted by Crippen LogP contribution is -2.18. The molecule has 2 saturated heterocycles. The molecule has 18 heavy (non-hydrogen) atoms. The van der Waals surface area contributed by atoms with E-state index < -0.39 is 22.5 Å². The molecule has 1 unspecified atom stereocenters. The largest absolute Gasteiger partial charge is 0.441 e. The minimum atomic E-state index is -2.09. The van der Waals surface area contributed by atoms with Crippen LogP contribution < -0.4 is 0 Å². The SMILES string of the molecule is O=C1OS2(CCCSC2c2ccccc2)OC1=O. The maximum Gasteiger partial charge on any atom is 0.441 e. The monoisotopic (exact) mass is 284 g/mol. The molecule has 6 heteroatoms. The van der Waals surface area contributed by atoms with Crippen LogP contribution in [0.4, 0.5) is 0 Å². The molecule has 0 bridgehead atoms. The molecule has 0 N–H and O–H groups in total. The first kappa shape index (κ1) is 11.9. The van der Waals surface area contributed by atoms with Gasteiger partial charge in [-0.3, -0.25) is 0 Å². The van der Waals surface area contributed by atoms with Gasteiger partial charge >= 0.3 is 11.9 Å². The molecule has 4 nitrogen and oxygen atoms in total. The zero-order valence-electron chi connectivity index (χ0n) is 9.53. The number of rotatable bonds is 1. The first-order valence-corrected chi connectivity index (χ1v) is 8.41. The van der Waals surface area contributed by atoms with Crippen LogP contribution in [0.3, 0.4) is 0 Å². The molecule has 0 aliphatic carbocycles. The van der Waals surface area contributed by atoms with Gasteiger partial charge in [0.15, 0.2) is 0 Å². The first-order chi connectivity index (χ1) is 8.71. The molecular weight excluding hydrogens is 272 g/mol. The van der Waals surface area contributed by atoms with Gasteiger partial charge in [-0.1, -0.05) is 40.9 Å². The summed E-state index contributed by atoms with van der Waals surface area (Å²) in [6.45, 7) is 0. The Morgan fingerprint density at radius 2 is 1.78 bits per heavy atom. The van der Waals surface area contributed by atoms with Crippen LogP contribution in [-0.2, 0) is 18.0 Å². The molecule has 2 fully saturated rings. The fourth-order valence-corrected chi connectivity index (χ4v) is 7.14. The predicted octanol–water partition coefficient (Wildman–Crippen LogP) is 2.56. The highest BCUT2D eigenvalue weighted by atomic mass is 32.3. The maximum atomic E-state index is 11.3. The molecule has 0 radical (unpaired) electrons. The van der Waals surface area contributed by atoms with E-state index in [1.165, 1.54) is 0 Å². The Labute approximate surface area is 111 Å². The van der Waals surface area contributed by atoms with E-state index >= 15 is 0 Å². The summed E-state index contributed by atoms with van der Waals surface area (Å²) in [6, 6.07) is 9.79. The second kappa shape index (κ2) is 4.51. The highest BCUT2D eigenvalue weighted by molar-refractivity contribution is 8.34. The van der Waals surface area contributed by atoms with E-state index in [1.807, 2.05) is 30.3 Å². The van der Waals surface area contributed by atoms with Crippen molar-refractivity contribution in [1.29, 1.82) is 0 Å². The van der Waals surface area contributed by atoms with Crippen molar-refractivity contribution in [1.82, 2.24) is 0 Å². The van der Waals surface area contributed by atoms with E-state index in [0.29, 0.717) is 5.75 Å². The molecular formula is C12H12O4S2. The lowest BCUT2D eigenvalue weighted by atomic mass is 10.2. The molecule has 1 atom stereocenters. The summed E-state index contributed by atoms with van der Waals surface area (Å²) < 4.78 is 10.6. The highest BCUT2D eigenvalue weighted by Gasteiger charge is 2.48. The zero-order valence-corrected chi connectivity index (χ0v) is 11.2. The molecule has 2 aliphatic rings. The van der Waals surface area contributed by atoms with Crippen molar-refractivity contribution in [3.05, 3.63) is 35.9 Å². The summed E-state index contributed by atoms with van der Waals surface area (Å²) in [6.07, 6.45) is 0.907. The van der Waals surface area contributed by atoms with Crippen LogP contribution in [0.25, 0.3) is 0 Å². The second-order valence-electron chi connectivity index (χ2n) is 4.08. The van der Waals surface area contributed by atoms with Gasteiger partial charge in [-0.15, -0.1) is 11.8 Å². The Balaban J connectivity index is 1.97. The van der Waals surface area contributed by atoms with Crippen LogP contribution in [0.5, 0.6) is 0 Å². The Morgan fingerprint density at radius 3 is 2.44 bits per heavy atom. The normalized spacial score (nSPS) is 27.7. The van der Waals surface area contributed by atoms with Crippen LogP contribution in [-0.4, -0.2) is 23.4 Å². The van der Waals surface area contributed by atoms with E-state index in [9.17, 15) is 9.59 Å². The first-order valence-electron chi connectivity index (χ1n) is 5.65. The average molecular weight is 284 g/mol. The molecule has 2 heterocycles. The molecule has 96 valence electrons. The van der Waals surface area contributed by atoms with Gasteiger partial charge in [0.05, 0.1) is 5.75 Å². The third kappa shape index (κ3) is 1.89. The smallest absolute Gasteiger partial charge is 0.333 e. The van der Waals surface area contributed by atoms with Crippen LogP contribution >= 0.6 is 22.4 Å². The average Bonchev–Trinajstić information content (AvgIpc) is 2.66. The summed E-state index contributed by atoms with van der Waals surface area (Å²) in [5.74, 6) is -0.0395. The summed E-state index contributed by atoms with van der Waals surface area (Å²) >= 11 is 1.70. The Morgan fingerprint density at radius 1 is 1.11 bits per heavy atom. The van der Waals surface area contributed by atoms with Gasteiger partial charge in [-0.2, -0.15) is 0 Å². The van der Waals surface area contributed by atoms with Crippen LogP contribution in [0.1, 0.15) is 16.6 Å². The Bertz CT molecular complexity index is 472. The number of carbonyl (C=O) groups is 2. The minimum Gasteiger partial charge on any atom is -0.333 e. The van der Waals surface area contributed by atoms with Crippen molar-refractivity contribution in [2.24, 2.45) is 0 Å². The Hall–Kier alpha value is -1.14. The van der Waals surface area contributed by atoms with Gasteiger partial charge in [-0.05, 0) is 17.7 Å². The number of hydrogen-bond acceptors (Lipinski definition) is 5. The van der Waals surface area contributed by atoms with Gasteiger partial charge in [0.25, 0.3) is 0 Å². The fourth-order valence-electron chi connectivity index (χ4n) is 2.09. The van der Waals surface area contributed by atoms with Crippen molar-refractivity contribution in [2.45, 2.75) is 11.0 Å². The van der Waals surface area contributed by atoms with E-state index in [0.717, 1.165) is 17.7 Å². The van der Waals surface area contributed by atoms with Crippen molar-refractivity contribution in [2.75, 3.05) is 11.5 Å². The van der Waals surface area contributed by atoms with Crippen molar-refractivity contribution < 1.29 is 18.0 Å². The number of carbonyl (C=O) groups excluding carboxylic acids is 2. The lowest BCUT2D eigenvalue weighted by molar-refractivity contribution is -0.150. The van der Waals surface area contributed by atoms with Crippen molar-refractivity contribution in [3.63, 3.8) is 0 Å². The fraction of sp³-hybridized carbons (Fsp3) is 0.333. The number of thioether (sulfide) groups is 1. The molecule has 0 saturated carbocycles. The van der Waals surface area contributed by atoms with Gasteiger partial charge in [-0.25, -0.2) is 9.59 Å². The predicted molar refractivity (Wildman–Crippen MR) is 70.9 cm³/mol. The zero-order chi connectivity index (χ0) is 12.6. The maximum absolute atomic E-state index is 11.3. The molecule has 0 amide bonds. The van der Waals surface area contributed by atoms with Gasteiger partial charge in [0.2, 0.25) is 0 Å². The number of benzene rings is 1. The summed E-state index contributed by atoms with van der Waals surface area (Å²) in [4.78, 5) is 22.7. The van der Waals surface area contributed by atoms with E-state index in [-0.39, 0.29) is 4.58 Å². The third-order valence-electron chi connectivity index (χ3n) is 2.84. The summed E-state index contributed by atoms with van der Waals surface area (Å²) in [5.41, 5.74) is 1.06. The molecule has 2 aliphatic heterocycles. The Kier molecular flexibility index (Phi) is 2.99. The third-order valence-corrected chi connectivity index (χ3v) is 7.88. The van der Waals surface area contributed by atoms with Crippen LogP contribution in [0.15, 0.2) is 30.3 Å². The van der Waals surface area contributed by atoms with E-state index in [1.54, 1.807) is 11.8 Å². The van der Waals surface area contributed by atoms with Gasteiger partial charge in [0, 0.05) is 0 Å². The summed E-state index contributed by atoms with van der Waals surface area (Å²) in [5, 5.41) is 0. The van der Waals surface area contributed by atoms with Gasteiger partial charge < -0.3 is 8.37 Å². The lowest BCUT2D eigenvalue weighted by Gasteiger charge is -2.44. The second-order valence-corrected chi connectivity index (χ2v) is 8.13. The molecule has 0 aromatic heterocycles. The van der Waals surface area contributed by atoms with Crippen molar-refractivity contribution in [3.8, 4) is 0 Å². The molecule has 1 aromatic carbocycles. The molecule has 3 rings (SSSR count). The van der Waals surface area contributed by atoms with Gasteiger partial charge in [0.1, 0.15) is 4.58 Å². The van der Waals surface area contributed by atoms with Crippen LogP contribution in [0.2, 0.25) is 0 Å². The quantitative estimate of drug-likeness (QED) is 0.742. The van der Waals surface area contributed by atoms with Crippen LogP contribution in [0, 0.1) is 0 Å². The summed E-state index contributed by atoms with van der Waals surface area (Å²) in [7, 11) is -2.09. The number of hydrogen-bond donors (Lipinski definition) is 0. The standard InChI is InChI=1S/C12H12O4S2/c13-10-11(14)16-18(15-10)8-4-7-17-12(18)9-5-2-1-3-6-9/h1-3,5-6,12H,4,7-8H2. The minimum absolute atomic E-state index is 0.0529. The van der Waals surface area contributed by atoms with E-state index in [2.05, 4.69) is 0 Å².